The second-order valence-corrected chi connectivity index (χ2v) is 9.50. The van der Waals surface area contributed by atoms with E-state index in [-0.39, 0.29) is 12.4 Å². The van der Waals surface area contributed by atoms with Gasteiger partial charge >= 0.3 is 11.7 Å². The second-order valence-electron chi connectivity index (χ2n) is 9.50. The van der Waals surface area contributed by atoms with Gasteiger partial charge in [0, 0.05) is 29.9 Å². The molecule has 0 fully saturated rings. The van der Waals surface area contributed by atoms with Crippen molar-refractivity contribution < 1.29 is 19.1 Å². The van der Waals surface area contributed by atoms with Crippen LogP contribution in [-0.4, -0.2) is 60.7 Å². The summed E-state index contributed by atoms with van der Waals surface area (Å²) in [6.07, 6.45) is 0. The Balaban J connectivity index is 1.86. The van der Waals surface area contributed by atoms with Crippen LogP contribution in [0.4, 0.5) is 11.6 Å². The molecule has 1 aromatic heterocycles. The quantitative estimate of drug-likeness (QED) is 0.260. The molecule has 2 heterocycles. The fourth-order valence-corrected chi connectivity index (χ4v) is 4.60. The van der Waals surface area contributed by atoms with E-state index in [9.17, 15) is 14.4 Å². The lowest BCUT2D eigenvalue weighted by atomic mass is 9.82. The van der Waals surface area contributed by atoms with Crippen molar-refractivity contribution in [3.63, 3.8) is 0 Å². The minimum absolute atomic E-state index is 0.119. The van der Waals surface area contributed by atoms with Crippen LogP contribution >= 0.6 is 0 Å². The van der Waals surface area contributed by atoms with Gasteiger partial charge in [-0.1, -0.05) is 36.4 Å². The fraction of sp³-hybridized carbons (Fsp3) is 0.310. The summed E-state index contributed by atoms with van der Waals surface area (Å²) in [4.78, 5) is 45.9. The number of nitrogens with one attached hydrogen (secondary N) is 3. The molecule has 210 valence electrons. The Morgan fingerprint density at radius 2 is 1.88 bits per heavy atom. The summed E-state index contributed by atoms with van der Waals surface area (Å²) in [5, 5.41) is 3.27. The third kappa shape index (κ3) is 5.99. The standard InChI is InChI=1S/C29H34N6O5/c1-6-40-28(37)22-18(2)30-26-24(23(22)19-11-8-7-9-12-19)25(31-29(38)35(26)16-15-34(3)4)32-33-27(36)20-13-10-14-21(17-20)39-5/h7-14,17,23,30H,6,15-16H2,1-5H3,(H,33,36)(H,31,32,38). The van der Waals surface area contributed by atoms with E-state index in [0.717, 1.165) is 5.56 Å². The summed E-state index contributed by atoms with van der Waals surface area (Å²) < 4.78 is 12.2. The van der Waals surface area contributed by atoms with E-state index in [2.05, 4.69) is 21.2 Å². The van der Waals surface area contributed by atoms with Gasteiger partial charge in [-0.3, -0.25) is 20.2 Å². The minimum atomic E-state index is -0.633. The molecule has 0 saturated heterocycles. The Kier molecular flexibility index (Phi) is 8.85. The molecule has 1 aliphatic heterocycles. The number of anilines is 2. The average molecular weight is 547 g/mol. The number of hydrazine groups is 1. The zero-order valence-electron chi connectivity index (χ0n) is 23.3. The number of hydrogen-bond acceptors (Lipinski definition) is 9. The van der Waals surface area contributed by atoms with E-state index in [4.69, 9.17) is 9.47 Å². The number of aromatic nitrogens is 2. The Hall–Kier alpha value is -4.64. The Morgan fingerprint density at radius 1 is 1.12 bits per heavy atom. The first kappa shape index (κ1) is 28.4. The molecule has 40 heavy (non-hydrogen) atoms. The highest BCUT2D eigenvalue weighted by atomic mass is 16.5. The zero-order valence-corrected chi connectivity index (χ0v) is 23.3. The molecule has 0 spiro atoms. The van der Waals surface area contributed by atoms with Gasteiger partial charge in [-0.05, 0) is 51.7 Å². The summed E-state index contributed by atoms with van der Waals surface area (Å²) in [6.45, 7) is 4.67. The van der Waals surface area contributed by atoms with Crippen LogP contribution in [-0.2, 0) is 16.1 Å². The van der Waals surface area contributed by atoms with Crippen LogP contribution in [0.5, 0.6) is 5.75 Å². The molecular formula is C29H34N6O5. The van der Waals surface area contributed by atoms with E-state index in [1.807, 2.05) is 49.3 Å². The van der Waals surface area contributed by atoms with Crippen LogP contribution in [0.2, 0.25) is 0 Å². The number of benzene rings is 2. The average Bonchev–Trinajstić information content (AvgIpc) is 2.95. The first-order chi connectivity index (χ1) is 19.2. The van der Waals surface area contributed by atoms with Crippen molar-refractivity contribution in [3.8, 4) is 5.75 Å². The van der Waals surface area contributed by atoms with Gasteiger partial charge in [-0.25, -0.2) is 9.59 Å². The molecule has 4 rings (SSSR count). The molecule has 11 heteroatoms. The number of amides is 1. The molecule has 0 saturated carbocycles. The van der Waals surface area contributed by atoms with Crippen LogP contribution in [0.15, 0.2) is 70.7 Å². The number of esters is 1. The van der Waals surface area contributed by atoms with Crippen molar-refractivity contribution in [1.29, 1.82) is 0 Å². The van der Waals surface area contributed by atoms with Gasteiger partial charge < -0.3 is 19.7 Å². The molecular weight excluding hydrogens is 512 g/mol. The number of likely N-dealkylation sites (N-methyl/N-ethyl adjacent to an activating group) is 1. The highest BCUT2D eigenvalue weighted by Gasteiger charge is 2.37. The lowest BCUT2D eigenvalue weighted by molar-refractivity contribution is -0.138. The largest absolute Gasteiger partial charge is 0.497 e. The molecule has 0 aliphatic carbocycles. The van der Waals surface area contributed by atoms with Crippen LogP contribution in [0.3, 0.4) is 0 Å². The predicted molar refractivity (Wildman–Crippen MR) is 152 cm³/mol. The molecule has 11 nitrogen and oxygen atoms in total. The lowest BCUT2D eigenvalue weighted by Gasteiger charge is -2.33. The maximum atomic E-state index is 13.3. The SMILES string of the molecule is CCOC(=O)C1=C(C)Nc2c(c(NNC(=O)c3cccc(OC)c3)nc(=O)n2CCN(C)C)C1c1ccccc1. The lowest BCUT2D eigenvalue weighted by Crippen LogP contribution is -2.38. The molecule has 3 aromatic rings. The second kappa shape index (κ2) is 12.5. The van der Waals surface area contributed by atoms with Gasteiger partial charge in [0.25, 0.3) is 5.91 Å². The number of nitrogens with zero attached hydrogens (tertiary/aromatic N) is 3. The molecule has 0 radical (unpaired) electrons. The van der Waals surface area contributed by atoms with E-state index in [0.29, 0.717) is 47.1 Å². The van der Waals surface area contributed by atoms with Gasteiger partial charge in [-0.2, -0.15) is 4.98 Å². The number of carbonyl (C=O) groups excluding carboxylic acids is 2. The van der Waals surface area contributed by atoms with E-state index >= 15 is 0 Å². The van der Waals surface area contributed by atoms with Gasteiger partial charge in [0.05, 0.1) is 25.2 Å². The number of carbonyl (C=O) groups is 2. The maximum Gasteiger partial charge on any atom is 0.351 e. The Labute approximate surface area is 232 Å². The highest BCUT2D eigenvalue weighted by molar-refractivity contribution is 5.97. The topological polar surface area (TPSA) is 127 Å². The van der Waals surface area contributed by atoms with Crippen LogP contribution in [0.1, 0.15) is 41.3 Å². The first-order valence-corrected chi connectivity index (χ1v) is 12.9. The van der Waals surface area contributed by atoms with Crippen LogP contribution < -0.4 is 26.6 Å². The van der Waals surface area contributed by atoms with Gasteiger partial charge in [0.1, 0.15) is 11.6 Å². The van der Waals surface area contributed by atoms with Crippen molar-refractivity contribution in [2.24, 2.45) is 0 Å². The molecule has 1 atom stereocenters. The van der Waals surface area contributed by atoms with Gasteiger partial charge in [0.15, 0.2) is 5.82 Å². The molecule has 1 unspecified atom stereocenters. The molecule has 2 aromatic carbocycles. The van der Waals surface area contributed by atoms with Crippen molar-refractivity contribution in [2.45, 2.75) is 26.3 Å². The third-order valence-corrected chi connectivity index (χ3v) is 6.53. The number of ether oxygens (including phenoxy) is 2. The minimum Gasteiger partial charge on any atom is -0.497 e. The Bertz CT molecular complexity index is 1480. The smallest absolute Gasteiger partial charge is 0.351 e. The van der Waals surface area contributed by atoms with Crippen molar-refractivity contribution >= 4 is 23.5 Å². The molecule has 0 bridgehead atoms. The zero-order chi connectivity index (χ0) is 28.8. The van der Waals surface area contributed by atoms with Crippen molar-refractivity contribution in [3.05, 3.63) is 93.0 Å². The number of hydrogen-bond donors (Lipinski definition) is 3. The number of fused-ring (bicyclic) bond motifs is 1. The monoisotopic (exact) mass is 546 g/mol. The number of methoxy groups -OCH3 is 1. The van der Waals surface area contributed by atoms with E-state index in [1.165, 1.54) is 7.11 Å². The summed E-state index contributed by atoms with van der Waals surface area (Å²) >= 11 is 0. The van der Waals surface area contributed by atoms with Crippen molar-refractivity contribution in [2.75, 3.05) is 45.1 Å². The molecule has 1 amide bonds. The van der Waals surface area contributed by atoms with Crippen LogP contribution in [0.25, 0.3) is 0 Å². The summed E-state index contributed by atoms with van der Waals surface area (Å²) in [5.41, 5.74) is 7.63. The number of rotatable bonds is 10. The maximum absolute atomic E-state index is 13.3. The first-order valence-electron chi connectivity index (χ1n) is 12.9. The summed E-state index contributed by atoms with van der Waals surface area (Å²) in [5.74, 6) is -0.438. The number of allylic oxidation sites excluding steroid dienone is 1. The molecule has 1 aliphatic rings. The van der Waals surface area contributed by atoms with E-state index < -0.39 is 23.5 Å². The van der Waals surface area contributed by atoms with Gasteiger partial charge in [0.2, 0.25) is 0 Å². The fourth-order valence-electron chi connectivity index (χ4n) is 4.60. The van der Waals surface area contributed by atoms with E-state index in [1.54, 1.807) is 42.7 Å². The normalized spacial score (nSPS) is 14.3. The summed E-state index contributed by atoms with van der Waals surface area (Å²) in [7, 11) is 5.35. The van der Waals surface area contributed by atoms with Crippen LogP contribution in [0, 0.1) is 0 Å². The molecule has 3 N–H and O–H groups in total. The highest BCUT2D eigenvalue weighted by Crippen LogP contribution is 2.44. The summed E-state index contributed by atoms with van der Waals surface area (Å²) in [6, 6.07) is 16.1. The Morgan fingerprint density at radius 3 is 2.55 bits per heavy atom. The van der Waals surface area contributed by atoms with Gasteiger partial charge in [-0.15, -0.1) is 0 Å². The van der Waals surface area contributed by atoms with Crippen molar-refractivity contribution in [1.82, 2.24) is 19.9 Å². The third-order valence-electron chi connectivity index (χ3n) is 6.53. The predicted octanol–water partition coefficient (Wildman–Crippen LogP) is 2.96.